The normalized spacial score (nSPS) is 10.5. The molecule has 0 spiro atoms. The minimum Gasteiger partial charge on any atom is -0.370 e. The van der Waals surface area contributed by atoms with Crippen LogP contribution in [0.5, 0.6) is 0 Å². The highest BCUT2D eigenvalue weighted by molar-refractivity contribution is 5.61. The van der Waals surface area contributed by atoms with Gasteiger partial charge in [-0.2, -0.15) is 5.10 Å². The summed E-state index contributed by atoms with van der Waals surface area (Å²) in [4.78, 5) is 4.38. The van der Waals surface area contributed by atoms with Gasteiger partial charge in [-0.15, -0.1) is 0 Å². The van der Waals surface area contributed by atoms with E-state index in [0.717, 1.165) is 23.5 Å². The lowest BCUT2D eigenvalue weighted by Gasteiger charge is -2.09. The van der Waals surface area contributed by atoms with E-state index in [4.69, 9.17) is 0 Å². The molecule has 4 nitrogen and oxygen atoms in total. The fraction of sp³-hybridized carbons (Fsp3) is 0.176. The van der Waals surface area contributed by atoms with Gasteiger partial charge in [0.15, 0.2) is 0 Å². The Morgan fingerprint density at radius 3 is 2.71 bits per heavy atom. The Morgan fingerprint density at radius 1 is 1.05 bits per heavy atom. The van der Waals surface area contributed by atoms with E-state index in [1.54, 1.807) is 6.20 Å². The first kappa shape index (κ1) is 13.4. The highest BCUT2D eigenvalue weighted by atomic mass is 15.3. The number of rotatable bonds is 5. The zero-order valence-electron chi connectivity index (χ0n) is 12.0. The summed E-state index contributed by atoms with van der Waals surface area (Å²) >= 11 is 0. The lowest BCUT2D eigenvalue weighted by molar-refractivity contribution is 0.686. The Balaban J connectivity index is 1.82. The average molecular weight is 278 g/mol. The SMILES string of the molecule is CCNc1ncccc1Cn1cc(-c2ccccc2)cn1. The quantitative estimate of drug-likeness (QED) is 0.777. The van der Waals surface area contributed by atoms with Crippen LogP contribution in [0, 0.1) is 0 Å². The van der Waals surface area contributed by atoms with Crippen molar-refractivity contribution in [2.75, 3.05) is 11.9 Å². The van der Waals surface area contributed by atoms with E-state index < -0.39 is 0 Å². The van der Waals surface area contributed by atoms with Crippen molar-refractivity contribution >= 4 is 5.82 Å². The van der Waals surface area contributed by atoms with Gasteiger partial charge < -0.3 is 5.32 Å². The number of hydrogen-bond acceptors (Lipinski definition) is 3. The first-order valence-electron chi connectivity index (χ1n) is 7.12. The van der Waals surface area contributed by atoms with E-state index in [-0.39, 0.29) is 0 Å². The smallest absolute Gasteiger partial charge is 0.130 e. The Labute approximate surface area is 124 Å². The molecular weight excluding hydrogens is 260 g/mol. The van der Waals surface area contributed by atoms with Crippen molar-refractivity contribution in [1.82, 2.24) is 14.8 Å². The van der Waals surface area contributed by atoms with Crippen LogP contribution in [-0.4, -0.2) is 21.3 Å². The summed E-state index contributed by atoms with van der Waals surface area (Å²) < 4.78 is 1.94. The fourth-order valence-corrected chi connectivity index (χ4v) is 2.30. The molecule has 0 aliphatic heterocycles. The highest BCUT2D eigenvalue weighted by Crippen LogP contribution is 2.19. The summed E-state index contributed by atoms with van der Waals surface area (Å²) in [5, 5.41) is 7.73. The van der Waals surface area contributed by atoms with Gasteiger partial charge in [0.1, 0.15) is 5.82 Å². The number of aromatic nitrogens is 3. The minimum absolute atomic E-state index is 0.711. The third-order valence-electron chi connectivity index (χ3n) is 3.31. The van der Waals surface area contributed by atoms with Gasteiger partial charge in [-0.3, -0.25) is 4.68 Å². The van der Waals surface area contributed by atoms with Crippen molar-refractivity contribution in [3.8, 4) is 11.1 Å². The molecule has 0 unspecified atom stereocenters. The Morgan fingerprint density at radius 2 is 1.90 bits per heavy atom. The number of hydrogen-bond donors (Lipinski definition) is 1. The molecule has 4 heteroatoms. The highest BCUT2D eigenvalue weighted by Gasteiger charge is 2.05. The molecule has 3 rings (SSSR count). The number of anilines is 1. The van der Waals surface area contributed by atoms with Crippen LogP contribution in [-0.2, 0) is 6.54 Å². The number of benzene rings is 1. The zero-order valence-corrected chi connectivity index (χ0v) is 12.0. The number of nitrogens with zero attached hydrogens (tertiary/aromatic N) is 3. The first-order valence-corrected chi connectivity index (χ1v) is 7.12. The monoisotopic (exact) mass is 278 g/mol. The molecule has 3 aromatic rings. The van der Waals surface area contributed by atoms with Crippen molar-refractivity contribution in [3.63, 3.8) is 0 Å². The largest absolute Gasteiger partial charge is 0.370 e. The maximum atomic E-state index is 4.45. The predicted molar refractivity (Wildman–Crippen MR) is 85.2 cm³/mol. The van der Waals surface area contributed by atoms with Crippen molar-refractivity contribution in [2.24, 2.45) is 0 Å². The molecule has 0 aliphatic carbocycles. The molecule has 0 amide bonds. The molecule has 106 valence electrons. The molecule has 1 N–H and O–H groups in total. The maximum absolute atomic E-state index is 4.45. The summed E-state index contributed by atoms with van der Waals surface area (Å²) in [5.74, 6) is 0.928. The second-order valence-corrected chi connectivity index (χ2v) is 4.83. The molecular formula is C17H18N4. The molecule has 0 fully saturated rings. The summed E-state index contributed by atoms with van der Waals surface area (Å²) in [5.41, 5.74) is 3.45. The molecule has 2 heterocycles. The Kier molecular flexibility index (Phi) is 3.96. The molecule has 0 bridgehead atoms. The maximum Gasteiger partial charge on any atom is 0.130 e. The van der Waals surface area contributed by atoms with E-state index in [1.165, 1.54) is 5.56 Å². The summed E-state index contributed by atoms with van der Waals surface area (Å²) in [6, 6.07) is 14.3. The number of pyridine rings is 1. The third-order valence-corrected chi connectivity index (χ3v) is 3.31. The van der Waals surface area contributed by atoms with Crippen molar-refractivity contribution in [2.45, 2.75) is 13.5 Å². The van der Waals surface area contributed by atoms with Gasteiger partial charge in [-0.25, -0.2) is 4.98 Å². The van der Waals surface area contributed by atoms with Crippen molar-refractivity contribution < 1.29 is 0 Å². The topological polar surface area (TPSA) is 42.7 Å². The zero-order chi connectivity index (χ0) is 14.5. The van der Waals surface area contributed by atoms with Crippen LogP contribution >= 0.6 is 0 Å². The number of nitrogens with one attached hydrogen (secondary N) is 1. The van der Waals surface area contributed by atoms with E-state index in [1.807, 2.05) is 35.1 Å². The third kappa shape index (κ3) is 3.11. The molecule has 0 aliphatic rings. The van der Waals surface area contributed by atoms with Crippen LogP contribution < -0.4 is 5.32 Å². The standard InChI is InChI=1S/C17H18N4/c1-2-18-17-15(9-6-10-19-17)12-21-13-16(11-20-21)14-7-4-3-5-8-14/h3-11,13H,2,12H2,1H3,(H,18,19). The van der Waals surface area contributed by atoms with Gasteiger partial charge in [0.25, 0.3) is 0 Å². The Hall–Kier alpha value is -2.62. The van der Waals surface area contributed by atoms with Crippen LogP contribution in [0.1, 0.15) is 12.5 Å². The van der Waals surface area contributed by atoms with Crippen LogP contribution in [0.3, 0.4) is 0 Å². The van der Waals surface area contributed by atoms with Crippen molar-refractivity contribution in [3.05, 3.63) is 66.6 Å². The van der Waals surface area contributed by atoms with Gasteiger partial charge in [0, 0.05) is 30.1 Å². The molecule has 1 aromatic carbocycles. The summed E-state index contributed by atoms with van der Waals surface area (Å²) in [7, 11) is 0. The lowest BCUT2D eigenvalue weighted by atomic mass is 10.1. The fourth-order valence-electron chi connectivity index (χ4n) is 2.30. The predicted octanol–water partition coefficient (Wildman–Crippen LogP) is 3.43. The molecule has 21 heavy (non-hydrogen) atoms. The second kappa shape index (κ2) is 6.22. The van der Waals surface area contributed by atoms with E-state index >= 15 is 0 Å². The van der Waals surface area contributed by atoms with Crippen molar-refractivity contribution in [1.29, 1.82) is 0 Å². The van der Waals surface area contributed by atoms with Crippen LogP contribution in [0.15, 0.2) is 61.1 Å². The first-order chi connectivity index (χ1) is 10.4. The molecule has 0 saturated heterocycles. The molecule has 2 aromatic heterocycles. The lowest BCUT2D eigenvalue weighted by Crippen LogP contribution is -2.07. The molecule has 0 atom stereocenters. The van der Waals surface area contributed by atoms with E-state index in [9.17, 15) is 0 Å². The van der Waals surface area contributed by atoms with Crippen LogP contribution in [0.25, 0.3) is 11.1 Å². The Bertz CT molecular complexity index is 704. The van der Waals surface area contributed by atoms with Gasteiger partial charge in [-0.05, 0) is 18.6 Å². The average Bonchev–Trinajstić information content (AvgIpc) is 2.99. The van der Waals surface area contributed by atoms with Gasteiger partial charge in [0.2, 0.25) is 0 Å². The van der Waals surface area contributed by atoms with Gasteiger partial charge >= 0.3 is 0 Å². The van der Waals surface area contributed by atoms with E-state index in [0.29, 0.717) is 6.54 Å². The van der Waals surface area contributed by atoms with Crippen LogP contribution in [0.4, 0.5) is 5.82 Å². The van der Waals surface area contributed by atoms with Gasteiger partial charge in [0.05, 0.1) is 12.7 Å². The summed E-state index contributed by atoms with van der Waals surface area (Å²) in [6.45, 7) is 3.64. The van der Waals surface area contributed by atoms with Crippen LogP contribution in [0.2, 0.25) is 0 Å². The van der Waals surface area contributed by atoms with Gasteiger partial charge in [-0.1, -0.05) is 36.4 Å². The molecule has 0 radical (unpaired) electrons. The summed E-state index contributed by atoms with van der Waals surface area (Å²) in [6.07, 6.45) is 5.77. The van der Waals surface area contributed by atoms with E-state index in [2.05, 4.69) is 46.7 Å². The second-order valence-electron chi connectivity index (χ2n) is 4.83. The minimum atomic E-state index is 0.711. The molecule has 0 saturated carbocycles.